The second kappa shape index (κ2) is 7.09. The molecule has 1 aromatic heterocycles. The molecule has 1 saturated carbocycles. The quantitative estimate of drug-likeness (QED) is 0.815. The van der Waals surface area contributed by atoms with E-state index in [-0.39, 0.29) is 5.41 Å². The molecule has 2 heterocycles. The SMILES string of the molecule is C/C=C\C(=C/C)C1(c2nnc(N3CCC(CCO)CC3)n2C)CC1. The summed E-state index contributed by atoms with van der Waals surface area (Å²) in [5.74, 6) is 2.74. The molecule has 24 heavy (non-hydrogen) atoms. The van der Waals surface area contributed by atoms with E-state index in [2.05, 4.69) is 58.8 Å². The Balaban J connectivity index is 1.78. The van der Waals surface area contributed by atoms with Crippen molar-refractivity contribution in [2.75, 3.05) is 24.6 Å². The lowest BCUT2D eigenvalue weighted by Crippen LogP contribution is -2.35. The third-order valence-electron chi connectivity index (χ3n) is 5.67. The highest BCUT2D eigenvalue weighted by atomic mass is 16.3. The number of nitrogens with zero attached hydrogens (tertiary/aromatic N) is 4. The highest BCUT2D eigenvalue weighted by Gasteiger charge is 2.50. The summed E-state index contributed by atoms with van der Waals surface area (Å²) in [6.45, 7) is 6.50. The highest BCUT2D eigenvalue weighted by molar-refractivity contribution is 5.45. The number of rotatable bonds is 6. The van der Waals surface area contributed by atoms with E-state index in [1.807, 2.05) is 0 Å². The van der Waals surface area contributed by atoms with Gasteiger partial charge in [0.05, 0.1) is 5.41 Å². The smallest absolute Gasteiger partial charge is 0.226 e. The Labute approximate surface area is 145 Å². The van der Waals surface area contributed by atoms with Gasteiger partial charge in [0, 0.05) is 26.7 Å². The Morgan fingerprint density at radius 3 is 2.50 bits per heavy atom. The molecule has 1 aliphatic heterocycles. The molecule has 0 radical (unpaired) electrons. The maximum Gasteiger partial charge on any atom is 0.226 e. The monoisotopic (exact) mass is 330 g/mol. The Kier molecular flexibility index (Phi) is 5.09. The average Bonchev–Trinajstić information content (AvgIpc) is 3.30. The lowest BCUT2D eigenvalue weighted by atomic mass is 9.93. The van der Waals surface area contributed by atoms with Gasteiger partial charge in [0.15, 0.2) is 0 Å². The summed E-state index contributed by atoms with van der Waals surface area (Å²) in [7, 11) is 2.10. The second-order valence-electron chi connectivity index (χ2n) is 7.15. The van der Waals surface area contributed by atoms with Crippen molar-refractivity contribution < 1.29 is 5.11 Å². The van der Waals surface area contributed by atoms with Crippen LogP contribution in [0.2, 0.25) is 0 Å². The van der Waals surface area contributed by atoms with E-state index in [9.17, 15) is 0 Å². The van der Waals surface area contributed by atoms with Crippen molar-refractivity contribution >= 4 is 5.95 Å². The number of hydrogen-bond donors (Lipinski definition) is 1. The van der Waals surface area contributed by atoms with Gasteiger partial charge in [-0.1, -0.05) is 18.2 Å². The first-order valence-electron chi connectivity index (χ1n) is 9.21. The van der Waals surface area contributed by atoms with Crippen molar-refractivity contribution in [3.8, 4) is 0 Å². The molecular weight excluding hydrogens is 300 g/mol. The number of piperidine rings is 1. The largest absolute Gasteiger partial charge is 0.396 e. The molecule has 0 amide bonds. The van der Waals surface area contributed by atoms with Crippen LogP contribution in [0.4, 0.5) is 5.95 Å². The fourth-order valence-electron chi connectivity index (χ4n) is 4.10. The molecule has 0 atom stereocenters. The molecule has 0 bridgehead atoms. The number of allylic oxidation sites excluding steroid dienone is 4. The predicted octanol–water partition coefficient (Wildman–Crippen LogP) is 2.97. The van der Waals surface area contributed by atoms with Crippen LogP contribution in [0.3, 0.4) is 0 Å². The predicted molar refractivity (Wildman–Crippen MR) is 97.1 cm³/mol. The maximum atomic E-state index is 9.11. The number of anilines is 1. The molecule has 3 rings (SSSR count). The molecule has 1 N–H and O–H groups in total. The van der Waals surface area contributed by atoms with Crippen molar-refractivity contribution in [3.05, 3.63) is 29.6 Å². The fraction of sp³-hybridized carbons (Fsp3) is 0.684. The summed E-state index contributed by atoms with van der Waals surface area (Å²) < 4.78 is 2.20. The standard InChI is InChI=1S/C19H30N4O/c1-4-6-16(5-2)19(10-11-19)17-20-21-18(22(17)3)23-12-7-15(8-13-23)9-14-24/h4-6,15,24H,7-14H2,1-3H3/b6-4-,16-5+. The number of aliphatic hydroxyl groups is 1. The summed E-state index contributed by atoms with van der Waals surface area (Å²) in [4.78, 5) is 2.35. The van der Waals surface area contributed by atoms with Gasteiger partial charge in [0.1, 0.15) is 5.82 Å². The van der Waals surface area contributed by atoms with Gasteiger partial charge in [-0.2, -0.15) is 0 Å². The fourth-order valence-corrected chi connectivity index (χ4v) is 4.10. The molecule has 0 unspecified atom stereocenters. The molecular formula is C19H30N4O. The van der Waals surface area contributed by atoms with E-state index in [1.54, 1.807) is 0 Å². The molecule has 1 aliphatic carbocycles. The molecule has 1 saturated heterocycles. The Morgan fingerprint density at radius 2 is 1.96 bits per heavy atom. The summed E-state index contributed by atoms with van der Waals surface area (Å²) >= 11 is 0. The molecule has 0 aromatic carbocycles. The minimum atomic E-state index is 0.0659. The van der Waals surface area contributed by atoms with Gasteiger partial charge in [-0.3, -0.25) is 4.57 Å². The van der Waals surface area contributed by atoms with Crippen molar-refractivity contribution in [2.24, 2.45) is 13.0 Å². The zero-order valence-corrected chi connectivity index (χ0v) is 15.2. The first kappa shape index (κ1) is 17.2. The Hall–Kier alpha value is -1.62. The van der Waals surface area contributed by atoms with Crippen LogP contribution < -0.4 is 4.90 Å². The Morgan fingerprint density at radius 1 is 1.25 bits per heavy atom. The lowest BCUT2D eigenvalue weighted by molar-refractivity contribution is 0.240. The van der Waals surface area contributed by atoms with Crippen LogP contribution in [-0.2, 0) is 12.5 Å². The van der Waals surface area contributed by atoms with Gasteiger partial charge >= 0.3 is 0 Å². The molecule has 1 aromatic rings. The minimum Gasteiger partial charge on any atom is -0.396 e. The minimum absolute atomic E-state index is 0.0659. The van der Waals surface area contributed by atoms with Crippen molar-refractivity contribution in [3.63, 3.8) is 0 Å². The zero-order chi connectivity index (χ0) is 17.2. The summed E-state index contributed by atoms with van der Waals surface area (Å²) in [5, 5.41) is 18.2. The Bertz CT molecular complexity index is 619. The van der Waals surface area contributed by atoms with Gasteiger partial charge in [0.2, 0.25) is 5.95 Å². The third-order valence-corrected chi connectivity index (χ3v) is 5.67. The number of aliphatic hydroxyl groups excluding tert-OH is 1. The topological polar surface area (TPSA) is 54.2 Å². The summed E-state index contributed by atoms with van der Waals surface area (Å²) in [6, 6.07) is 0. The van der Waals surface area contributed by atoms with Gasteiger partial charge in [0.25, 0.3) is 0 Å². The normalized spacial score (nSPS) is 21.7. The molecule has 2 aliphatic rings. The molecule has 132 valence electrons. The average molecular weight is 330 g/mol. The summed E-state index contributed by atoms with van der Waals surface area (Å²) in [5.41, 5.74) is 1.42. The molecule has 2 fully saturated rings. The van der Waals surface area contributed by atoms with Crippen molar-refractivity contribution in [2.45, 2.75) is 51.4 Å². The van der Waals surface area contributed by atoms with E-state index >= 15 is 0 Å². The van der Waals surface area contributed by atoms with Crippen LogP contribution in [0.15, 0.2) is 23.8 Å². The van der Waals surface area contributed by atoms with Gasteiger partial charge in [-0.25, -0.2) is 0 Å². The van der Waals surface area contributed by atoms with Crippen LogP contribution in [0.5, 0.6) is 0 Å². The number of hydrogen-bond acceptors (Lipinski definition) is 4. The summed E-state index contributed by atoms with van der Waals surface area (Å²) in [6.07, 6.45) is 12.0. The highest BCUT2D eigenvalue weighted by Crippen LogP contribution is 2.53. The van der Waals surface area contributed by atoms with Gasteiger partial charge < -0.3 is 10.0 Å². The van der Waals surface area contributed by atoms with E-state index in [0.29, 0.717) is 12.5 Å². The van der Waals surface area contributed by atoms with E-state index in [4.69, 9.17) is 5.11 Å². The van der Waals surface area contributed by atoms with E-state index in [1.165, 1.54) is 5.57 Å². The molecule has 5 heteroatoms. The zero-order valence-electron chi connectivity index (χ0n) is 15.2. The van der Waals surface area contributed by atoms with Gasteiger partial charge in [-0.05, 0) is 57.4 Å². The van der Waals surface area contributed by atoms with Crippen molar-refractivity contribution in [1.82, 2.24) is 14.8 Å². The molecule has 0 spiro atoms. The van der Waals surface area contributed by atoms with Crippen LogP contribution in [0, 0.1) is 5.92 Å². The number of aromatic nitrogens is 3. The van der Waals surface area contributed by atoms with E-state index < -0.39 is 0 Å². The maximum absolute atomic E-state index is 9.11. The van der Waals surface area contributed by atoms with Crippen LogP contribution in [-0.4, -0.2) is 39.6 Å². The third kappa shape index (κ3) is 3.02. The second-order valence-corrected chi connectivity index (χ2v) is 7.15. The van der Waals surface area contributed by atoms with Crippen molar-refractivity contribution in [1.29, 1.82) is 0 Å². The van der Waals surface area contributed by atoms with Crippen LogP contribution in [0.1, 0.15) is 51.8 Å². The first-order chi connectivity index (χ1) is 11.7. The van der Waals surface area contributed by atoms with Gasteiger partial charge in [-0.15, -0.1) is 10.2 Å². The first-order valence-corrected chi connectivity index (χ1v) is 9.21. The van der Waals surface area contributed by atoms with Crippen LogP contribution in [0.25, 0.3) is 0 Å². The van der Waals surface area contributed by atoms with E-state index in [0.717, 1.165) is 57.0 Å². The van der Waals surface area contributed by atoms with Crippen LogP contribution >= 0.6 is 0 Å². The molecule has 5 nitrogen and oxygen atoms in total. The lowest BCUT2D eigenvalue weighted by Gasteiger charge is -2.32.